The average Bonchev–Trinajstić information content (AvgIpc) is 3.20. The first-order valence-corrected chi connectivity index (χ1v) is 13.7. The lowest BCUT2D eigenvalue weighted by Gasteiger charge is -2.30. The van der Waals surface area contributed by atoms with Crippen molar-refractivity contribution >= 4 is 29.3 Å². The number of hydrogen-bond donors (Lipinski definition) is 1. The fourth-order valence-electron chi connectivity index (χ4n) is 4.73. The van der Waals surface area contributed by atoms with Gasteiger partial charge in [0.25, 0.3) is 0 Å². The second-order valence-electron chi connectivity index (χ2n) is 8.96. The molecule has 3 aromatic carbocycles. The summed E-state index contributed by atoms with van der Waals surface area (Å²) in [7, 11) is 1.60. The van der Waals surface area contributed by atoms with Gasteiger partial charge in [-0.05, 0) is 56.3 Å². The summed E-state index contributed by atoms with van der Waals surface area (Å²) in [5.41, 5.74) is 3.71. The first-order valence-electron chi connectivity index (χ1n) is 12.7. The molecule has 2 amide bonds. The quantitative estimate of drug-likeness (QED) is 0.334. The lowest BCUT2D eigenvalue weighted by atomic mass is 10.0. The molecule has 0 bridgehead atoms. The lowest BCUT2D eigenvalue weighted by molar-refractivity contribution is -0.126. The Kier molecular flexibility index (Phi) is 7.88. The number of carbonyl (C=O) groups is 2. The summed E-state index contributed by atoms with van der Waals surface area (Å²) >= 11 is 1.40. The summed E-state index contributed by atoms with van der Waals surface area (Å²) in [5.74, 6) is 1.07. The molecule has 4 aromatic rings. The van der Waals surface area contributed by atoms with Crippen LogP contribution >= 0.6 is 11.8 Å². The lowest BCUT2D eigenvalue weighted by Crippen LogP contribution is -2.44. The number of aryl methyl sites for hydroxylation is 1. The van der Waals surface area contributed by atoms with Crippen molar-refractivity contribution in [3.05, 3.63) is 95.7 Å². The van der Waals surface area contributed by atoms with Crippen LogP contribution in [0.25, 0.3) is 5.69 Å². The van der Waals surface area contributed by atoms with Crippen molar-refractivity contribution in [1.29, 1.82) is 0 Å². The zero-order valence-electron chi connectivity index (χ0n) is 22.1. The SMILES string of the molecule is CCOc1ccc(N2C(=O)CSc3c(c(C)nn3-c3ccccc3)[C@H]2C(=O)NCc2ccccc2OC)cc1. The van der Waals surface area contributed by atoms with E-state index in [1.807, 2.05) is 97.4 Å². The number of fused-ring (bicyclic) bond motifs is 1. The van der Waals surface area contributed by atoms with Gasteiger partial charge < -0.3 is 14.8 Å². The molecule has 1 aliphatic heterocycles. The van der Waals surface area contributed by atoms with E-state index in [9.17, 15) is 9.59 Å². The number of amides is 2. The fraction of sp³-hybridized carbons (Fsp3) is 0.233. The van der Waals surface area contributed by atoms with Gasteiger partial charge in [0.05, 0.1) is 30.9 Å². The molecule has 0 fully saturated rings. The van der Waals surface area contributed by atoms with Crippen LogP contribution in [-0.2, 0) is 16.1 Å². The minimum Gasteiger partial charge on any atom is -0.496 e. The molecule has 1 aliphatic rings. The molecule has 0 saturated heterocycles. The third-order valence-electron chi connectivity index (χ3n) is 6.52. The third kappa shape index (κ3) is 5.35. The van der Waals surface area contributed by atoms with Crippen molar-refractivity contribution in [3.63, 3.8) is 0 Å². The van der Waals surface area contributed by atoms with E-state index in [2.05, 4.69) is 5.32 Å². The molecule has 39 heavy (non-hydrogen) atoms. The number of methoxy groups -OCH3 is 1. The Balaban J connectivity index is 1.59. The van der Waals surface area contributed by atoms with Crippen molar-refractivity contribution in [3.8, 4) is 17.2 Å². The molecule has 9 heteroatoms. The van der Waals surface area contributed by atoms with E-state index in [1.165, 1.54) is 11.8 Å². The maximum absolute atomic E-state index is 14.1. The van der Waals surface area contributed by atoms with Crippen molar-refractivity contribution in [2.75, 3.05) is 24.4 Å². The Morgan fingerprint density at radius 1 is 1.03 bits per heavy atom. The number of hydrogen-bond acceptors (Lipinski definition) is 6. The molecule has 5 rings (SSSR count). The van der Waals surface area contributed by atoms with Crippen LogP contribution in [-0.4, -0.2) is 41.1 Å². The number of benzene rings is 3. The second-order valence-corrected chi connectivity index (χ2v) is 9.93. The number of anilines is 1. The minimum atomic E-state index is -0.924. The summed E-state index contributed by atoms with van der Waals surface area (Å²) in [4.78, 5) is 29.3. The molecule has 1 aromatic heterocycles. The van der Waals surface area contributed by atoms with E-state index in [0.29, 0.717) is 35.1 Å². The van der Waals surface area contributed by atoms with Crippen molar-refractivity contribution in [1.82, 2.24) is 15.1 Å². The highest BCUT2D eigenvalue weighted by Crippen LogP contribution is 2.41. The molecule has 1 atom stereocenters. The van der Waals surface area contributed by atoms with E-state index in [0.717, 1.165) is 16.3 Å². The van der Waals surface area contributed by atoms with Crippen LogP contribution < -0.4 is 19.7 Å². The van der Waals surface area contributed by atoms with Gasteiger partial charge in [-0.3, -0.25) is 14.5 Å². The normalized spacial score (nSPS) is 14.9. The van der Waals surface area contributed by atoms with Gasteiger partial charge in [0, 0.05) is 23.4 Å². The molecule has 0 spiro atoms. The Hall–Kier alpha value is -4.24. The summed E-state index contributed by atoms with van der Waals surface area (Å²) in [5, 5.41) is 8.64. The van der Waals surface area contributed by atoms with Crippen molar-refractivity contribution < 1.29 is 19.1 Å². The molecule has 0 aliphatic carbocycles. The molecule has 1 N–H and O–H groups in total. The maximum atomic E-state index is 14.1. The highest BCUT2D eigenvalue weighted by atomic mass is 32.2. The number of rotatable bonds is 8. The van der Waals surface area contributed by atoms with Gasteiger partial charge in [-0.2, -0.15) is 5.10 Å². The van der Waals surface area contributed by atoms with E-state index in [-0.39, 0.29) is 24.1 Å². The number of carbonyl (C=O) groups excluding carboxylic acids is 2. The highest BCUT2D eigenvalue weighted by Gasteiger charge is 2.40. The molecule has 8 nitrogen and oxygen atoms in total. The zero-order valence-corrected chi connectivity index (χ0v) is 22.9. The van der Waals surface area contributed by atoms with Crippen molar-refractivity contribution in [2.24, 2.45) is 0 Å². The Bertz CT molecular complexity index is 1470. The van der Waals surface area contributed by atoms with Gasteiger partial charge in [0.1, 0.15) is 22.6 Å². The van der Waals surface area contributed by atoms with Gasteiger partial charge in [-0.1, -0.05) is 48.2 Å². The topological polar surface area (TPSA) is 85.7 Å². The van der Waals surface area contributed by atoms with E-state index in [1.54, 1.807) is 12.0 Å². The first-order chi connectivity index (χ1) is 19.0. The van der Waals surface area contributed by atoms with Crippen LogP contribution in [0.3, 0.4) is 0 Å². The molecule has 0 saturated carbocycles. The fourth-order valence-corrected chi connectivity index (χ4v) is 5.81. The Morgan fingerprint density at radius 2 is 1.74 bits per heavy atom. The van der Waals surface area contributed by atoms with Gasteiger partial charge >= 0.3 is 0 Å². The summed E-state index contributed by atoms with van der Waals surface area (Å²) in [6.45, 7) is 4.58. The molecule has 2 heterocycles. The second kappa shape index (κ2) is 11.7. The summed E-state index contributed by atoms with van der Waals surface area (Å²) in [6.07, 6.45) is 0. The van der Waals surface area contributed by atoms with Crippen LogP contribution in [0.5, 0.6) is 11.5 Å². The van der Waals surface area contributed by atoms with Gasteiger partial charge in [-0.25, -0.2) is 4.68 Å². The molecule has 0 unspecified atom stereocenters. The number of nitrogens with one attached hydrogen (secondary N) is 1. The molecular weight excluding hydrogens is 512 g/mol. The van der Waals surface area contributed by atoms with Gasteiger partial charge in [0.2, 0.25) is 11.8 Å². The molecule has 0 radical (unpaired) electrons. The highest BCUT2D eigenvalue weighted by molar-refractivity contribution is 8.00. The zero-order chi connectivity index (χ0) is 27.4. The van der Waals surface area contributed by atoms with Crippen LogP contribution in [0.4, 0.5) is 5.69 Å². The first kappa shape index (κ1) is 26.4. The van der Waals surface area contributed by atoms with E-state index >= 15 is 0 Å². The largest absolute Gasteiger partial charge is 0.496 e. The third-order valence-corrected chi connectivity index (χ3v) is 7.57. The number of thioether (sulfide) groups is 1. The van der Waals surface area contributed by atoms with Crippen LogP contribution in [0.2, 0.25) is 0 Å². The standard InChI is InChI=1S/C30H30N4O4S/c1-4-38-24-16-14-22(15-17-24)33-26(35)19-39-30-27(20(2)32-34(30)23-11-6-5-7-12-23)28(33)29(36)31-18-21-10-8-9-13-25(21)37-3/h5-17,28H,4,18-19H2,1-3H3,(H,31,36)/t28-/m0/s1. The predicted molar refractivity (Wildman–Crippen MR) is 152 cm³/mol. The summed E-state index contributed by atoms with van der Waals surface area (Å²) < 4.78 is 12.9. The van der Waals surface area contributed by atoms with E-state index in [4.69, 9.17) is 14.6 Å². The predicted octanol–water partition coefficient (Wildman–Crippen LogP) is 5.08. The minimum absolute atomic E-state index is 0.161. The van der Waals surface area contributed by atoms with Crippen LogP contribution in [0, 0.1) is 6.92 Å². The van der Waals surface area contributed by atoms with Gasteiger partial charge in [0.15, 0.2) is 0 Å². The number of para-hydroxylation sites is 2. The monoisotopic (exact) mass is 542 g/mol. The molecule has 200 valence electrons. The van der Waals surface area contributed by atoms with Crippen LogP contribution in [0.15, 0.2) is 83.9 Å². The van der Waals surface area contributed by atoms with Crippen molar-refractivity contribution in [2.45, 2.75) is 31.5 Å². The smallest absolute Gasteiger partial charge is 0.248 e. The number of ether oxygens (including phenoxy) is 2. The average molecular weight is 543 g/mol. The van der Waals surface area contributed by atoms with E-state index < -0.39 is 6.04 Å². The number of aromatic nitrogens is 2. The van der Waals surface area contributed by atoms with Crippen LogP contribution in [0.1, 0.15) is 29.8 Å². The number of nitrogens with zero attached hydrogens (tertiary/aromatic N) is 3. The Morgan fingerprint density at radius 3 is 2.46 bits per heavy atom. The summed E-state index contributed by atoms with van der Waals surface area (Å²) in [6, 6.07) is 23.6. The Labute approximate surface area is 231 Å². The maximum Gasteiger partial charge on any atom is 0.248 e. The molecular formula is C30H30N4O4S. The van der Waals surface area contributed by atoms with Gasteiger partial charge in [-0.15, -0.1) is 0 Å².